The fraction of sp³-hybridized carbons (Fsp3) is 0.200. The maximum Gasteiger partial charge on any atom is 0.282 e. The van der Waals surface area contributed by atoms with Crippen molar-refractivity contribution in [3.05, 3.63) is 71.4 Å². The molecule has 2 aromatic rings. The quantitative estimate of drug-likeness (QED) is 0.780. The van der Waals surface area contributed by atoms with E-state index in [1.807, 2.05) is 0 Å². The monoisotopic (exact) mass is 370 g/mol. The summed E-state index contributed by atoms with van der Waals surface area (Å²) in [4.78, 5) is 28.8. The van der Waals surface area contributed by atoms with Crippen LogP contribution >= 0.6 is 0 Å². The number of hydrogen-bond acceptors (Lipinski definition) is 4. The molecule has 138 valence electrons. The third-order valence-electron chi connectivity index (χ3n) is 4.60. The Balaban J connectivity index is 1.85. The lowest BCUT2D eigenvalue weighted by atomic mass is 10.0. The fourth-order valence-corrected chi connectivity index (χ4v) is 3.34. The van der Waals surface area contributed by atoms with E-state index in [0.29, 0.717) is 36.8 Å². The van der Waals surface area contributed by atoms with Gasteiger partial charge in [0.1, 0.15) is 17.3 Å². The topological polar surface area (TPSA) is 49.9 Å². The summed E-state index contributed by atoms with van der Waals surface area (Å²) in [6, 6.07) is 11.4. The zero-order chi connectivity index (χ0) is 19.0. The lowest BCUT2D eigenvalue weighted by molar-refractivity contribution is -0.121. The highest BCUT2D eigenvalue weighted by molar-refractivity contribution is 6.45. The predicted molar refractivity (Wildman–Crippen MR) is 94.6 cm³/mol. The normalized spacial score (nSPS) is 17.9. The molecule has 0 bridgehead atoms. The SMILES string of the molecule is O=C1C(c2ccccc2)=C(N2CCOCC2)C(=O)N1c1cc(F)ccc1F. The van der Waals surface area contributed by atoms with Gasteiger partial charge in [-0.1, -0.05) is 30.3 Å². The van der Waals surface area contributed by atoms with E-state index in [0.717, 1.165) is 18.2 Å². The average Bonchev–Trinajstić information content (AvgIpc) is 2.95. The van der Waals surface area contributed by atoms with Crippen LogP contribution in [0.3, 0.4) is 0 Å². The zero-order valence-electron chi connectivity index (χ0n) is 14.3. The molecular weight excluding hydrogens is 354 g/mol. The van der Waals surface area contributed by atoms with Gasteiger partial charge in [-0.05, 0) is 17.7 Å². The first kappa shape index (κ1) is 17.4. The number of imide groups is 1. The molecule has 0 spiro atoms. The van der Waals surface area contributed by atoms with Gasteiger partial charge in [0.15, 0.2) is 0 Å². The van der Waals surface area contributed by atoms with Crippen molar-refractivity contribution in [1.82, 2.24) is 4.90 Å². The second-order valence-corrected chi connectivity index (χ2v) is 6.23. The first-order valence-electron chi connectivity index (χ1n) is 8.54. The summed E-state index contributed by atoms with van der Waals surface area (Å²) in [5.74, 6) is -2.90. The Morgan fingerprint density at radius 1 is 0.889 bits per heavy atom. The van der Waals surface area contributed by atoms with Crippen LogP contribution in [0.1, 0.15) is 5.56 Å². The average molecular weight is 370 g/mol. The maximum atomic E-state index is 14.3. The predicted octanol–water partition coefficient (Wildman–Crippen LogP) is 2.58. The van der Waals surface area contributed by atoms with Crippen molar-refractivity contribution in [1.29, 1.82) is 0 Å². The number of nitrogens with zero attached hydrogens (tertiary/aromatic N) is 2. The number of halogens is 2. The first-order chi connectivity index (χ1) is 13.1. The highest BCUT2D eigenvalue weighted by Gasteiger charge is 2.43. The first-order valence-corrected chi connectivity index (χ1v) is 8.54. The summed E-state index contributed by atoms with van der Waals surface area (Å²) in [6.45, 7) is 1.71. The molecule has 1 fully saturated rings. The van der Waals surface area contributed by atoms with E-state index < -0.39 is 23.4 Å². The number of carbonyl (C=O) groups is 2. The molecule has 27 heavy (non-hydrogen) atoms. The molecule has 0 unspecified atom stereocenters. The standard InChI is InChI=1S/C20H16F2N2O3/c21-14-6-7-15(22)16(12-14)24-19(25)17(13-4-2-1-3-5-13)18(20(24)26)23-8-10-27-11-9-23/h1-7,12H,8-11H2. The van der Waals surface area contributed by atoms with E-state index in [9.17, 15) is 18.4 Å². The molecule has 2 amide bonds. The Hall–Kier alpha value is -3.06. The molecular formula is C20H16F2N2O3. The Morgan fingerprint density at radius 2 is 1.59 bits per heavy atom. The summed E-state index contributed by atoms with van der Waals surface area (Å²) in [6.07, 6.45) is 0. The Labute approximate surface area is 154 Å². The van der Waals surface area contributed by atoms with Crippen LogP contribution in [0.5, 0.6) is 0 Å². The molecule has 7 heteroatoms. The number of anilines is 1. The van der Waals surface area contributed by atoms with E-state index in [2.05, 4.69) is 0 Å². The van der Waals surface area contributed by atoms with Gasteiger partial charge >= 0.3 is 0 Å². The van der Waals surface area contributed by atoms with Crippen LogP contribution in [0.4, 0.5) is 14.5 Å². The number of benzene rings is 2. The van der Waals surface area contributed by atoms with Crippen molar-refractivity contribution in [2.45, 2.75) is 0 Å². The summed E-state index contributed by atoms with van der Waals surface area (Å²) < 4.78 is 33.3. The van der Waals surface area contributed by atoms with Gasteiger partial charge in [-0.3, -0.25) is 9.59 Å². The molecule has 0 saturated carbocycles. The Kier molecular flexibility index (Phi) is 4.45. The van der Waals surface area contributed by atoms with E-state index in [-0.39, 0.29) is 17.0 Å². The van der Waals surface area contributed by atoms with Gasteiger partial charge in [0.25, 0.3) is 11.8 Å². The molecule has 0 aromatic heterocycles. The van der Waals surface area contributed by atoms with Crippen LogP contribution in [-0.4, -0.2) is 43.0 Å². The Morgan fingerprint density at radius 3 is 2.30 bits per heavy atom. The van der Waals surface area contributed by atoms with Gasteiger partial charge in [-0.2, -0.15) is 0 Å². The van der Waals surface area contributed by atoms with Crippen molar-refractivity contribution < 1.29 is 23.1 Å². The van der Waals surface area contributed by atoms with Crippen LogP contribution in [-0.2, 0) is 14.3 Å². The third kappa shape index (κ3) is 3.00. The minimum atomic E-state index is -0.839. The van der Waals surface area contributed by atoms with Crippen molar-refractivity contribution in [3.63, 3.8) is 0 Å². The molecule has 4 rings (SSSR count). The lowest BCUT2D eigenvalue weighted by Crippen LogP contribution is -2.40. The van der Waals surface area contributed by atoms with Crippen molar-refractivity contribution >= 4 is 23.1 Å². The van der Waals surface area contributed by atoms with Gasteiger partial charge in [-0.25, -0.2) is 13.7 Å². The molecule has 0 atom stereocenters. The minimum Gasteiger partial charge on any atom is -0.378 e. The Bertz CT molecular complexity index is 937. The van der Waals surface area contributed by atoms with Crippen LogP contribution in [0, 0.1) is 11.6 Å². The lowest BCUT2D eigenvalue weighted by Gasteiger charge is -2.29. The van der Waals surface area contributed by atoms with Crippen LogP contribution in [0.25, 0.3) is 5.57 Å². The van der Waals surface area contributed by atoms with Gasteiger partial charge in [0.2, 0.25) is 0 Å². The largest absolute Gasteiger partial charge is 0.378 e. The molecule has 0 radical (unpaired) electrons. The number of ether oxygens (including phenoxy) is 1. The molecule has 2 heterocycles. The van der Waals surface area contributed by atoms with E-state index in [1.54, 1.807) is 35.2 Å². The maximum absolute atomic E-state index is 14.3. The highest BCUT2D eigenvalue weighted by atomic mass is 19.1. The van der Waals surface area contributed by atoms with Crippen LogP contribution in [0.15, 0.2) is 54.2 Å². The van der Waals surface area contributed by atoms with Crippen molar-refractivity contribution in [3.8, 4) is 0 Å². The van der Waals surface area contributed by atoms with Gasteiger partial charge in [0, 0.05) is 19.2 Å². The van der Waals surface area contributed by atoms with Crippen molar-refractivity contribution in [2.75, 3.05) is 31.2 Å². The van der Waals surface area contributed by atoms with Gasteiger partial charge in [0.05, 0.1) is 24.5 Å². The smallest absolute Gasteiger partial charge is 0.282 e. The minimum absolute atomic E-state index is 0.186. The van der Waals surface area contributed by atoms with Crippen LogP contribution in [0.2, 0.25) is 0 Å². The van der Waals surface area contributed by atoms with Crippen molar-refractivity contribution in [2.24, 2.45) is 0 Å². The highest BCUT2D eigenvalue weighted by Crippen LogP contribution is 2.36. The van der Waals surface area contributed by atoms with Gasteiger partial charge in [-0.15, -0.1) is 0 Å². The van der Waals surface area contributed by atoms with E-state index in [1.165, 1.54) is 0 Å². The summed E-state index contributed by atoms with van der Waals surface area (Å²) in [5, 5.41) is 0. The number of amides is 2. The second-order valence-electron chi connectivity index (χ2n) is 6.23. The third-order valence-corrected chi connectivity index (χ3v) is 4.60. The van der Waals surface area contributed by atoms with E-state index >= 15 is 0 Å². The van der Waals surface area contributed by atoms with Gasteiger partial charge < -0.3 is 9.64 Å². The number of carbonyl (C=O) groups excluding carboxylic acids is 2. The number of morpholine rings is 1. The van der Waals surface area contributed by atoms with Crippen LogP contribution < -0.4 is 4.90 Å². The molecule has 2 aromatic carbocycles. The summed E-state index contributed by atoms with van der Waals surface area (Å²) in [5.41, 5.74) is 0.544. The number of hydrogen-bond donors (Lipinski definition) is 0. The zero-order valence-corrected chi connectivity index (χ0v) is 14.3. The number of rotatable bonds is 3. The fourth-order valence-electron chi connectivity index (χ4n) is 3.34. The molecule has 1 saturated heterocycles. The molecule has 2 aliphatic heterocycles. The molecule has 0 aliphatic carbocycles. The summed E-state index contributed by atoms with van der Waals surface area (Å²) in [7, 11) is 0. The molecule has 5 nitrogen and oxygen atoms in total. The molecule has 2 aliphatic rings. The second kappa shape index (κ2) is 6.92. The molecule has 0 N–H and O–H groups in total. The van der Waals surface area contributed by atoms with E-state index in [4.69, 9.17) is 4.74 Å². The summed E-state index contributed by atoms with van der Waals surface area (Å²) >= 11 is 0.